The molecule has 1 atom stereocenters. The molecule has 0 saturated carbocycles. The second-order valence-corrected chi connectivity index (χ2v) is 11.1. The Morgan fingerprint density at radius 1 is 1.03 bits per heavy atom. The van der Waals surface area contributed by atoms with Crippen molar-refractivity contribution in [2.45, 2.75) is 38.6 Å². The Kier molecular flexibility index (Phi) is 6.42. The van der Waals surface area contributed by atoms with Gasteiger partial charge in [-0.3, -0.25) is 34.3 Å². The predicted molar refractivity (Wildman–Crippen MR) is 143 cm³/mol. The summed E-state index contributed by atoms with van der Waals surface area (Å²) in [5, 5.41) is 4.87. The molecule has 2 saturated heterocycles. The molecule has 0 radical (unpaired) electrons. The van der Waals surface area contributed by atoms with E-state index in [1.807, 2.05) is 30.6 Å². The molecule has 39 heavy (non-hydrogen) atoms. The lowest BCUT2D eigenvalue weighted by atomic mass is 9.95. The van der Waals surface area contributed by atoms with Crippen molar-refractivity contribution in [2.75, 3.05) is 36.0 Å². The Labute approximate surface area is 229 Å². The fourth-order valence-electron chi connectivity index (χ4n) is 5.65. The van der Waals surface area contributed by atoms with Gasteiger partial charge in [0.2, 0.25) is 11.8 Å². The third kappa shape index (κ3) is 4.58. The molecule has 0 bridgehead atoms. The van der Waals surface area contributed by atoms with Crippen molar-refractivity contribution in [3.05, 3.63) is 52.7 Å². The van der Waals surface area contributed by atoms with E-state index in [0.717, 1.165) is 42.2 Å². The number of hydrogen-bond donors (Lipinski definition) is 1. The first-order valence-corrected chi connectivity index (χ1v) is 14.0. The number of aryl methyl sites for hydroxylation is 1. The summed E-state index contributed by atoms with van der Waals surface area (Å²) < 4.78 is 0. The molecular weight excluding hydrogens is 520 g/mol. The highest BCUT2D eigenvalue weighted by Gasteiger charge is 2.44. The predicted octanol–water partition coefficient (Wildman–Crippen LogP) is 2.53. The normalized spacial score (nSPS) is 22.2. The van der Waals surface area contributed by atoms with E-state index in [9.17, 15) is 24.0 Å². The average Bonchev–Trinajstić information content (AvgIpc) is 3.46. The van der Waals surface area contributed by atoms with Crippen LogP contribution in [-0.4, -0.2) is 76.7 Å². The quantitative estimate of drug-likeness (QED) is 0.570. The Bertz CT molecular complexity index is 1410. The zero-order chi connectivity index (χ0) is 27.3. The topological polar surface area (TPSA) is 123 Å². The fraction of sp³-hybridized carbons (Fsp3) is 0.407. The molecule has 1 N–H and O–H groups in total. The van der Waals surface area contributed by atoms with Gasteiger partial charge in [-0.15, -0.1) is 11.3 Å². The Morgan fingerprint density at radius 2 is 1.79 bits per heavy atom. The van der Waals surface area contributed by atoms with Gasteiger partial charge < -0.3 is 9.80 Å². The van der Waals surface area contributed by atoms with Crippen LogP contribution in [0.5, 0.6) is 0 Å². The third-order valence-corrected chi connectivity index (χ3v) is 8.73. The van der Waals surface area contributed by atoms with Gasteiger partial charge in [-0.05, 0) is 56.4 Å². The number of urea groups is 1. The van der Waals surface area contributed by atoms with E-state index in [2.05, 4.69) is 15.2 Å². The highest BCUT2D eigenvalue weighted by Crippen LogP contribution is 2.33. The molecule has 1 aromatic carbocycles. The second-order valence-electron chi connectivity index (χ2n) is 10.3. The van der Waals surface area contributed by atoms with E-state index in [0.29, 0.717) is 24.1 Å². The molecule has 0 spiro atoms. The van der Waals surface area contributed by atoms with Crippen molar-refractivity contribution in [1.82, 2.24) is 20.1 Å². The number of carbonyl (C=O) groups is 5. The molecule has 5 heterocycles. The smallest absolute Gasteiger partial charge is 0.330 e. The summed E-state index contributed by atoms with van der Waals surface area (Å²) >= 11 is 1.47. The van der Waals surface area contributed by atoms with E-state index in [4.69, 9.17) is 0 Å². The van der Waals surface area contributed by atoms with Gasteiger partial charge in [-0.1, -0.05) is 0 Å². The van der Waals surface area contributed by atoms with Gasteiger partial charge in [-0.2, -0.15) is 0 Å². The molecule has 2 aromatic rings. The number of nitrogens with one attached hydrogen (secondary N) is 1. The van der Waals surface area contributed by atoms with Gasteiger partial charge >= 0.3 is 6.03 Å². The summed E-state index contributed by atoms with van der Waals surface area (Å²) in [6, 6.07) is 4.18. The summed E-state index contributed by atoms with van der Waals surface area (Å²) in [7, 11) is 0. The summed E-state index contributed by atoms with van der Waals surface area (Å²) in [6.45, 7) is 4.57. The number of amides is 6. The first-order valence-electron chi connectivity index (χ1n) is 13.1. The monoisotopic (exact) mass is 548 g/mol. The molecule has 12 heteroatoms. The van der Waals surface area contributed by atoms with E-state index in [1.54, 1.807) is 21.9 Å². The van der Waals surface area contributed by atoms with E-state index >= 15 is 0 Å². The summed E-state index contributed by atoms with van der Waals surface area (Å²) in [5.74, 6) is -1.69. The number of hydrogen-bond acceptors (Lipinski definition) is 8. The molecule has 202 valence electrons. The molecule has 1 unspecified atom stereocenters. The number of thiazole rings is 1. The number of anilines is 2. The van der Waals surface area contributed by atoms with Crippen molar-refractivity contribution < 1.29 is 24.0 Å². The Hall–Kier alpha value is -4.06. The first kappa shape index (κ1) is 25.2. The zero-order valence-corrected chi connectivity index (χ0v) is 22.3. The Morgan fingerprint density at radius 3 is 2.51 bits per heavy atom. The van der Waals surface area contributed by atoms with Gasteiger partial charge in [-0.25, -0.2) is 9.78 Å². The molecule has 0 aliphatic carbocycles. The van der Waals surface area contributed by atoms with E-state index < -0.39 is 29.7 Å². The van der Waals surface area contributed by atoms with Crippen LogP contribution < -0.4 is 15.1 Å². The van der Waals surface area contributed by atoms with Crippen LogP contribution in [0.4, 0.5) is 15.6 Å². The second kappa shape index (κ2) is 9.92. The molecule has 2 fully saturated rings. The SMILES string of the molecule is Cc1csc(N2CC=CN(CC3CCN(c4ccc5c(c4)C(=O)N(C4CCC(=O)NC4=O)C5=O)CC3)C2=O)n1. The molecule has 4 aliphatic heterocycles. The molecule has 1 aromatic heterocycles. The van der Waals surface area contributed by atoms with Crippen LogP contribution in [-0.2, 0) is 9.59 Å². The number of piperidine rings is 2. The number of nitrogens with zero attached hydrogens (tertiary/aromatic N) is 5. The zero-order valence-electron chi connectivity index (χ0n) is 21.5. The van der Waals surface area contributed by atoms with Crippen LogP contribution >= 0.6 is 11.3 Å². The fourth-order valence-corrected chi connectivity index (χ4v) is 6.45. The van der Waals surface area contributed by atoms with Crippen LogP contribution in [0.15, 0.2) is 35.9 Å². The molecule has 6 rings (SSSR count). The number of fused-ring (bicyclic) bond motifs is 1. The summed E-state index contributed by atoms with van der Waals surface area (Å²) in [4.78, 5) is 74.2. The molecule has 6 amide bonds. The van der Waals surface area contributed by atoms with Gasteiger partial charge in [0, 0.05) is 49.9 Å². The highest BCUT2D eigenvalue weighted by molar-refractivity contribution is 7.14. The van der Waals surface area contributed by atoms with Gasteiger partial charge in [0.1, 0.15) is 6.04 Å². The number of imide groups is 2. The number of aromatic nitrogens is 1. The molecule has 4 aliphatic rings. The Balaban J connectivity index is 1.09. The van der Waals surface area contributed by atoms with Crippen molar-refractivity contribution in [2.24, 2.45) is 5.92 Å². The van der Waals surface area contributed by atoms with Crippen molar-refractivity contribution in [3.8, 4) is 0 Å². The lowest BCUT2D eigenvalue weighted by Gasteiger charge is -2.37. The van der Waals surface area contributed by atoms with Crippen molar-refractivity contribution in [3.63, 3.8) is 0 Å². The lowest BCUT2D eigenvalue weighted by molar-refractivity contribution is -0.136. The van der Waals surface area contributed by atoms with Crippen molar-refractivity contribution in [1.29, 1.82) is 0 Å². The third-order valence-electron chi connectivity index (χ3n) is 7.75. The standard InChI is InChI=1S/C27H28N6O5S/c1-16-15-39-26(28-16)32-10-2-9-31(27(32)38)14-17-7-11-30(12-8-17)18-3-4-19-20(13-18)25(37)33(24(19)36)21-5-6-22(34)29-23(21)35/h2-4,9,13,15,17,21H,5-8,10-12,14H2,1H3,(H,29,34,35). The maximum atomic E-state index is 13.2. The van der Waals surface area contributed by atoms with Gasteiger partial charge in [0.05, 0.1) is 16.8 Å². The van der Waals surface area contributed by atoms with Crippen LogP contribution in [0, 0.1) is 12.8 Å². The number of rotatable bonds is 5. The van der Waals surface area contributed by atoms with Crippen LogP contribution in [0.2, 0.25) is 0 Å². The number of carbonyl (C=O) groups excluding carboxylic acids is 5. The van der Waals surface area contributed by atoms with Crippen LogP contribution in [0.3, 0.4) is 0 Å². The van der Waals surface area contributed by atoms with E-state index in [-0.39, 0.29) is 30.0 Å². The largest absolute Gasteiger partial charge is 0.371 e. The van der Waals surface area contributed by atoms with Crippen LogP contribution in [0.25, 0.3) is 0 Å². The number of benzene rings is 1. The van der Waals surface area contributed by atoms with E-state index in [1.165, 1.54) is 11.3 Å². The molecule has 11 nitrogen and oxygen atoms in total. The van der Waals surface area contributed by atoms with Gasteiger partial charge in [0.15, 0.2) is 5.13 Å². The van der Waals surface area contributed by atoms with Gasteiger partial charge in [0.25, 0.3) is 11.8 Å². The summed E-state index contributed by atoms with van der Waals surface area (Å²) in [6.07, 6.45) is 5.82. The maximum Gasteiger partial charge on any atom is 0.330 e. The highest BCUT2D eigenvalue weighted by atomic mass is 32.1. The minimum absolute atomic E-state index is 0.0587. The minimum Gasteiger partial charge on any atom is -0.371 e. The molecular formula is C27H28N6O5S. The first-order chi connectivity index (χ1) is 18.8. The van der Waals surface area contributed by atoms with Crippen LogP contribution in [0.1, 0.15) is 52.1 Å². The minimum atomic E-state index is -0.976. The lowest BCUT2D eigenvalue weighted by Crippen LogP contribution is -2.54. The van der Waals surface area contributed by atoms with Crippen molar-refractivity contribution >= 4 is 51.8 Å². The summed E-state index contributed by atoms with van der Waals surface area (Å²) in [5.41, 5.74) is 2.31. The maximum absolute atomic E-state index is 13.2. The average molecular weight is 549 g/mol.